The van der Waals surface area contributed by atoms with Crippen molar-refractivity contribution >= 4 is 23.3 Å². The van der Waals surface area contributed by atoms with E-state index in [1.165, 1.54) is 0 Å². The maximum absolute atomic E-state index is 5.38. The Hall–Kier alpha value is -2.28. The SMILES string of the molecule is COc1cc2[nH]c(=S)n(-c3ccn(C)n3)c2cc1OC. The minimum Gasteiger partial charge on any atom is -0.493 e. The van der Waals surface area contributed by atoms with Crippen LogP contribution in [0.15, 0.2) is 24.4 Å². The summed E-state index contributed by atoms with van der Waals surface area (Å²) in [6.07, 6.45) is 1.87. The molecule has 0 spiro atoms. The van der Waals surface area contributed by atoms with E-state index < -0.39 is 0 Å². The Morgan fingerprint density at radius 2 is 1.90 bits per heavy atom. The molecule has 0 saturated heterocycles. The highest BCUT2D eigenvalue weighted by atomic mass is 32.1. The molecule has 6 nitrogen and oxygen atoms in total. The van der Waals surface area contributed by atoms with Gasteiger partial charge in [-0.05, 0) is 12.2 Å². The standard InChI is InChI=1S/C13H14N4O2S/c1-16-5-4-12(15-16)17-9-7-11(19-3)10(18-2)6-8(9)14-13(17)20/h4-7H,1-3H3,(H,14,20). The van der Waals surface area contributed by atoms with E-state index in [4.69, 9.17) is 21.7 Å². The lowest BCUT2D eigenvalue weighted by atomic mass is 10.2. The molecule has 7 heteroatoms. The van der Waals surface area contributed by atoms with Crippen molar-refractivity contribution in [2.24, 2.45) is 7.05 Å². The molecule has 20 heavy (non-hydrogen) atoms. The molecular formula is C13H14N4O2S. The summed E-state index contributed by atoms with van der Waals surface area (Å²) in [4.78, 5) is 3.15. The molecular weight excluding hydrogens is 276 g/mol. The number of nitrogens with zero attached hydrogens (tertiary/aromatic N) is 3. The maximum Gasteiger partial charge on any atom is 0.184 e. The Morgan fingerprint density at radius 1 is 1.20 bits per heavy atom. The van der Waals surface area contributed by atoms with Gasteiger partial charge in [0.25, 0.3) is 0 Å². The molecule has 2 heterocycles. The van der Waals surface area contributed by atoms with E-state index >= 15 is 0 Å². The zero-order valence-electron chi connectivity index (χ0n) is 11.4. The first-order valence-corrected chi connectivity index (χ1v) is 6.41. The van der Waals surface area contributed by atoms with Gasteiger partial charge >= 0.3 is 0 Å². The monoisotopic (exact) mass is 290 g/mol. The zero-order chi connectivity index (χ0) is 14.3. The summed E-state index contributed by atoms with van der Waals surface area (Å²) in [5.41, 5.74) is 1.77. The second-order valence-electron chi connectivity index (χ2n) is 4.34. The van der Waals surface area contributed by atoms with Gasteiger partial charge in [0, 0.05) is 31.4 Å². The van der Waals surface area contributed by atoms with Gasteiger partial charge in [0.2, 0.25) is 0 Å². The molecule has 3 aromatic rings. The van der Waals surface area contributed by atoms with E-state index in [0.29, 0.717) is 16.3 Å². The fourth-order valence-electron chi connectivity index (χ4n) is 2.18. The molecule has 0 saturated carbocycles. The molecule has 2 aromatic heterocycles. The quantitative estimate of drug-likeness (QED) is 0.753. The second kappa shape index (κ2) is 4.68. The van der Waals surface area contributed by atoms with Crippen molar-refractivity contribution in [2.75, 3.05) is 14.2 Å². The van der Waals surface area contributed by atoms with Crippen molar-refractivity contribution in [3.63, 3.8) is 0 Å². The molecule has 0 fully saturated rings. The van der Waals surface area contributed by atoms with Gasteiger partial charge in [-0.1, -0.05) is 0 Å². The molecule has 0 unspecified atom stereocenters. The van der Waals surface area contributed by atoms with Crippen molar-refractivity contribution < 1.29 is 9.47 Å². The lowest BCUT2D eigenvalue weighted by Crippen LogP contribution is -1.98. The Labute approximate surface area is 120 Å². The van der Waals surface area contributed by atoms with Crippen LogP contribution in [0.5, 0.6) is 11.5 Å². The van der Waals surface area contributed by atoms with Crippen LogP contribution in [0.2, 0.25) is 0 Å². The number of rotatable bonds is 3. The van der Waals surface area contributed by atoms with Crippen molar-refractivity contribution in [1.82, 2.24) is 19.3 Å². The third kappa shape index (κ3) is 1.87. The third-order valence-corrected chi connectivity index (χ3v) is 3.40. The number of methoxy groups -OCH3 is 2. The van der Waals surface area contributed by atoms with Crippen LogP contribution in [0.1, 0.15) is 0 Å². The average molecular weight is 290 g/mol. The van der Waals surface area contributed by atoms with Crippen LogP contribution in [0.3, 0.4) is 0 Å². The molecule has 0 bridgehead atoms. The van der Waals surface area contributed by atoms with Crippen LogP contribution in [0, 0.1) is 4.77 Å². The first-order chi connectivity index (χ1) is 9.63. The number of aromatic nitrogens is 4. The summed E-state index contributed by atoms with van der Waals surface area (Å²) in [7, 11) is 5.08. The molecule has 0 aliphatic carbocycles. The number of nitrogens with one attached hydrogen (secondary N) is 1. The van der Waals surface area contributed by atoms with E-state index in [0.717, 1.165) is 16.9 Å². The molecule has 0 aliphatic heterocycles. The number of imidazole rings is 1. The number of fused-ring (bicyclic) bond motifs is 1. The Kier molecular flexibility index (Phi) is 2.98. The largest absolute Gasteiger partial charge is 0.493 e. The zero-order valence-corrected chi connectivity index (χ0v) is 12.2. The number of H-pyrrole nitrogens is 1. The van der Waals surface area contributed by atoms with Crippen LogP contribution < -0.4 is 9.47 Å². The van der Waals surface area contributed by atoms with Gasteiger partial charge in [-0.3, -0.25) is 9.25 Å². The molecule has 1 N–H and O–H groups in total. The summed E-state index contributed by atoms with van der Waals surface area (Å²) in [6.45, 7) is 0. The van der Waals surface area contributed by atoms with E-state index in [9.17, 15) is 0 Å². The second-order valence-corrected chi connectivity index (χ2v) is 4.72. The van der Waals surface area contributed by atoms with Crippen molar-refractivity contribution in [3.8, 4) is 17.3 Å². The summed E-state index contributed by atoms with van der Waals surface area (Å²) < 4.78 is 14.8. The molecule has 1 aromatic carbocycles. The van der Waals surface area contributed by atoms with Crippen LogP contribution in [-0.4, -0.2) is 33.6 Å². The van der Waals surface area contributed by atoms with Gasteiger partial charge < -0.3 is 14.5 Å². The van der Waals surface area contributed by atoms with E-state index in [1.54, 1.807) is 18.9 Å². The van der Waals surface area contributed by atoms with Gasteiger partial charge in [-0.2, -0.15) is 5.10 Å². The van der Waals surface area contributed by atoms with Gasteiger partial charge in [0.1, 0.15) is 0 Å². The van der Waals surface area contributed by atoms with Crippen LogP contribution in [-0.2, 0) is 7.05 Å². The predicted molar refractivity (Wildman–Crippen MR) is 78.3 cm³/mol. The summed E-state index contributed by atoms with van der Waals surface area (Å²) >= 11 is 5.38. The van der Waals surface area contributed by atoms with Gasteiger partial charge in [-0.15, -0.1) is 0 Å². The number of hydrogen-bond donors (Lipinski definition) is 1. The van der Waals surface area contributed by atoms with Gasteiger partial charge in [-0.25, -0.2) is 0 Å². The molecule has 0 radical (unpaired) electrons. The topological polar surface area (TPSA) is 57.0 Å². The fourth-order valence-corrected chi connectivity index (χ4v) is 2.49. The number of ether oxygens (including phenoxy) is 2. The van der Waals surface area contributed by atoms with Crippen molar-refractivity contribution in [3.05, 3.63) is 29.2 Å². The number of benzene rings is 1. The highest BCUT2D eigenvalue weighted by Crippen LogP contribution is 2.32. The first-order valence-electron chi connectivity index (χ1n) is 6.01. The minimum atomic E-state index is 0.578. The first kappa shape index (κ1) is 12.7. The third-order valence-electron chi connectivity index (χ3n) is 3.12. The lowest BCUT2D eigenvalue weighted by molar-refractivity contribution is 0.355. The minimum absolute atomic E-state index is 0.578. The summed E-state index contributed by atoms with van der Waals surface area (Å²) in [5, 5.41) is 4.38. The molecule has 0 amide bonds. The molecule has 104 valence electrons. The average Bonchev–Trinajstić information content (AvgIpc) is 2.99. The van der Waals surface area contributed by atoms with Gasteiger partial charge in [0.05, 0.1) is 25.3 Å². The highest BCUT2D eigenvalue weighted by molar-refractivity contribution is 7.71. The lowest BCUT2D eigenvalue weighted by Gasteiger charge is -2.08. The Bertz CT molecular complexity index is 831. The van der Waals surface area contributed by atoms with E-state index in [1.807, 2.05) is 36.0 Å². The van der Waals surface area contributed by atoms with Crippen LogP contribution in [0.4, 0.5) is 0 Å². The van der Waals surface area contributed by atoms with E-state index in [-0.39, 0.29) is 0 Å². The van der Waals surface area contributed by atoms with Crippen molar-refractivity contribution in [2.45, 2.75) is 0 Å². The number of aromatic amines is 1. The Balaban J connectivity index is 2.32. The number of aryl methyl sites for hydroxylation is 1. The van der Waals surface area contributed by atoms with Crippen molar-refractivity contribution in [1.29, 1.82) is 0 Å². The number of hydrogen-bond acceptors (Lipinski definition) is 4. The summed E-state index contributed by atoms with van der Waals surface area (Å²) in [5.74, 6) is 2.07. The smallest absolute Gasteiger partial charge is 0.184 e. The summed E-state index contributed by atoms with van der Waals surface area (Å²) in [6, 6.07) is 5.65. The molecule has 0 aliphatic rings. The maximum atomic E-state index is 5.38. The van der Waals surface area contributed by atoms with Crippen LogP contribution in [0.25, 0.3) is 16.9 Å². The van der Waals surface area contributed by atoms with E-state index in [2.05, 4.69) is 10.1 Å². The predicted octanol–water partition coefficient (Wildman–Crippen LogP) is 2.44. The highest BCUT2D eigenvalue weighted by Gasteiger charge is 2.13. The molecule has 0 atom stereocenters. The molecule has 3 rings (SSSR count). The normalized spacial score (nSPS) is 10.9. The fraction of sp³-hybridized carbons (Fsp3) is 0.231. The van der Waals surface area contributed by atoms with Crippen LogP contribution >= 0.6 is 12.2 Å². The van der Waals surface area contributed by atoms with Gasteiger partial charge in [0.15, 0.2) is 22.1 Å². The Morgan fingerprint density at radius 3 is 2.50 bits per heavy atom.